The third-order valence-corrected chi connectivity index (χ3v) is 1.87. The molecule has 0 heterocycles. The van der Waals surface area contributed by atoms with Crippen LogP contribution in [0.1, 0.15) is 22.0 Å². The molecule has 14 heavy (non-hydrogen) atoms. The number of carboxylic acids is 1. The molecule has 1 rings (SSSR count). The van der Waals surface area contributed by atoms with Crippen LogP contribution in [0.5, 0.6) is 5.75 Å². The van der Waals surface area contributed by atoms with Crippen molar-refractivity contribution in [1.82, 2.24) is 0 Å². The van der Waals surface area contributed by atoms with E-state index >= 15 is 0 Å². The van der Waals surface area contributed by atoms with Crippen LogP contribution < -0.4 is 5.73 Å². The highest BCUT2D eigenvalue weighted by atomic mass is 16.4. The monoisotopic (exact) mass is 197 g/mol. The van der Waals surface area contributed by atoms with Crippen LogP contribution in [0.4, 0.5) is 0 Å². The molecular weight excluding hydrogens is 186 g/mol. The first-order chi connectivity index (χ1) is 6.56. The molecule has 0 amide bonds. The summed E-state index contributed by atoms with van der Waals surface area (Å²) >= 11 is 0. The molecule has 0 bridgehead atoms. The van der Waals surface area contributed by atoms with E-state index in [4.69, 9.17) is 15.9 Å². The predicted octanol–water partition coefficient (Wildman–Crippen LogP) is 0.0825. The van der Waals surface area contributed by atoms with Gasteiger partial charge in [-0.15, -0.1) is 0 Å². The molecular formula is C9H11NO4. The molecule has 1 aromatic carbocycles. The molecule has 0 aliphatic carbocycles. The first-order valence-corrected chi connectivity index (χ1v) is 3.99. The Labute approximate surface area is 80.4 Å². The third kappa shape index (κ3) is 2.01. The predicted molar refractivity (Wildman–Crippen MR) is 49.1 cm³/mol. The molecule has 0 aliphatic heterocycles. The average molecular weight is 197 g/mol. The summed E-state index contributed by atoms with van der Waals surface area (Å²) in [6.07, 6.45) is 0. The summed E-state index contributed by atoms with van der Waals surface area (Å²) in [5.74, 6) is -1.34. The minimum absolute atomic E-state index is 0.0172. The van der Waals surface area contributed by atoms with Gasteiger partial charge in [0, 0.05) is 5.56 Å². The molecule has 1 aromatic rings. The molecule has 0 fully saturated rings. The first kappa shape index (κ1) is 10.5. The van der Waals surface area contributed by atoms with Gasteiger partial charge in [-0.1, -0.05) is 6.07 Å². The van der Waals surface area contributed by atoms with Crippen LogP contribution in [0.15, 0.2) is 18.2 Å². The number of aliphatic hydroxyl groups excluding tert-OH is 1. The minimum Gasteiger partial charge on any atom is -0.508 e. The molecule has 0 unspecified atom stereocenters. The molecule has 5 heteroatoms. The number of hydrogen-bond acceptors (Lipinski definition) is 4. The van der Waals surface area contributed by atoms with Crippen molar-refractivity contribution in [2.24, 2.45) is 5.73 Å². The fourth-order valence-corrected chi connectivity index (χ4v) is 1.09. The van der Waals surface area contributed by atoms with Crippen LogP contribution in [-0.2, 0) is 0 Å². The van der Waals surface area contributed by atoms with E-state index in [2.05, 4.69) is 0 Å². The van der Waals surface area contributed by atoms with E-state index in [1.165, 1.54) is 12.1 Å². The third-order valence-electron chi connectivity index (χ3n) is 1.87. The topological polar surface area (TPSA) is 104 Å². The number of aliphatic hydroxyl groups is 1. The Morgan fingerprint density at radius 1 is 1.50 bits per heavy atom. The maximum absolute atomic E-state index is 10.5. The van der Waals surface area contributed by atoms with E-state index in [0.29, 0.717) is 5.56 Å². The van der Waals surface area contributed by atoms with Crippen LogP contribution in [0.3, 0.4) is 0 Å². The quantitative estimate of drug-likeness (QED) is 0.549. The molecule has 0 radical (unpaired) electrons. The lowest BCUT2D eigenvalue weighted by atomic mass is 10.0. The molecule has 0 aromatic heterocycles. The van der Waals surface area contributed by atoms with Crippen LogP contribution in [-0.4, -0.2) is 27.9 Å². The van der Waals surface area contributed by atoms with Crippen molar-refractivity contribution in [1.29, 1.82) is 0 Å². The zero-order valence-electron chi connectivity index (χ0n) is 7.34. The zero-order chi connectivity index (χ0) is 10.7. The Kier molecular flexibility index (Phi) is 3.06. The highest BCUT2D eigenvalue weighted by molar-refractivity contribution is 5.88. The summed E-state index contributed by atoms with van der Waals surface area (Å²) in [7, 11) is 0. The number of rotatable bonds is 3. The van der Waals surface area contributed by atoms with Crippen LogP contribution >= 0.6 is 0 Å². The fourth-order valence-electron chi connectivity index (χ4n) is 1.09. The SMILES string of the molecule is N[C@@H](CO)c1ccc(C(=O)O)cc1O. The van der Waals surface area contributed by atoms with Crippen LogP contribution in [0, 0.1) is 0 Å². The molecule has 1 atom stereocenters. The van der Waals surface area contributed by atoms with Gasteiger partial charge in [0.05, 0.1) is 18.2 Å². The number of nitrogens with two attached hydrogens (primary N) is 1. The molecule has 0 aliphatic rings. The molecule has 5 nitrogen and oxygen atoms in total. The summed E-state index contributed by atoms with van der Waals surface area (Å²) in [5.41, 5.74) is 5.78. The summed E-state index contributed by atoms with van der Waals surface area (Å²) in [6.45, 7) is -0.306. The lowest BCUT2D eigenvalue weighted by molar-refractivity contribution is 0.0696. The first-order valence-electron chi connectivity index (χ1n) is 3.99. The second-order valence-electron chi connectivity index (χ2n) is 2.87. The lowest BCUT2D eigenvalue weighted by Gasteiger charge is -2.10. The Balaban J connectivity index is 3.07. The largest absolute Gasteiger partial charge is 0.508 e. The van der Waals surface area contributed by atoms with E-state index < -0.39 is 12.0 Å². The lowest BCUT2D eigenvalue weighted by Crippen LogP contribution is -2.14. The van der Waals surface area contributed by atoms with Crippen molar-refractivity contribution < 1.29 is 20.1 Å². The van der Waals surface area contributed by atoms with Crippen molar-refractivity contribution >= 4 is 5.97 Å². The van der Waals surface area contributed by atoms with E-state index in [-0.39, 0.29) is 17.9 Å². The summed E-state index contributed by atoms with van der Waals surface area (Å²) in [5, 5.41) is 26.7. The summed E-state index contributed by atoms with van der Waals surface area (Å²) in [4.78, 5) is 10.5. The Hall–Kier alpha value is -1.59. The zero-order valence-corrected chi connectivity index (χ0v) is 7.34. The molecule has 76 valence electrons. The maximum Gasteiger partial charge on any atom is 0.335 e. The second kappa shape index (κ2) is 4.08. The molecule has 0 saturated heterocycles. The number of hydrogen-bond donors (Lipinski definition) is 4. The standard InChI is InChI=1S/C9H11NO4/c10-7(4-11)6-2-1-5(9(13)14)3-8(6)12/h1-3,7,11-12H,4,10H2,(H,13,14)/t7-/m0/s1. The molecule has 5 N–H and O–H groups in total. The number of carbonyl (C=O) groups is 1. The molecule has 0 spiro atoms. The van der Waals surface area contributed by atoms with Gasteiger partial charge in [-0.2, -0.15) is 0 Å². The van der Waals surface area contributed by atoms with Gasteiger partial charge < -0.3 is 21.1 Å². The summed E-state index contributed by atoms with van der Waals surface area (Å²) in [6, 6.07) is 3.12. The van der Waals surface area contributed by atoms with Gasteiger partial charge in [0.15, 0.2) is 0 Å². The van der Waals surface area contributed by atoms with E-state index in [9.17, 15) is 9.90 Å². The van der Waals surface area contributed by atoms with Crippen molar-refractivity contribution in [2.75, 3.05) is 6.61 Å². The maximum atomic E-state index is 10.5. The van der Waals surface area contributed by atoms with Crippen LogP contribution in [0.25, 0.3) is 0 Å². The number of carboxylic acid groups (broad SMARTS) is 1. The van der Waals surface area contributed by atoms with Gasteiger partial charge in [-0.3, -0.25) is 0 Å². The van der Waals surface area contributed by atoms with Crippen molar-refractivity contribution in [3.05, 3.63) is 29.3 Å². The van der Waals surface area contributed by atoms with Crippen molar-refractivity contribution in [3.63, 3.8) is 0 Å². The van der Waals surface area contributed by atoms with Crippen molar-refractivity contribution in [2.45, 2.75) is 6.04 Å². The molecule has 0 saturated carbocycles. The van der Waals surface area contributed by atoms with E-state index in [0.717, 1.165) is 6.07 Å². The van der Waals surface area contributed by atoms with Gasteiger partial charge in [0.25, 0.3) is 0 Å². The minimum atomic E-state index is -1.12. The Morgan fingerprint density at radius 2 is 2.14 bits per heavy atom. The van der Waals surface area contributed by atoms with Gasteiger partial charge in [-0.05, 0) is 12.1 Å². The number of aromatic hydroxyl groups is 1. The van der Waals surface area contributed by atoms with Crippen LogP contribution in [0.2, 0.25) is 0 Å². The highest BCUT2D eigenvalue weighted by Gasteiger charge is 2.12. The average Bonchev–Trinajstić information content (AvgIpc) is 2.16. The van der Waals surface area contributed by atoms with E-state index in [1.54, 1.807) is 0 Å². The fraction of sp³-hybridized carbons (Fsp3) is 0.222. The number of aromatic carboxylic acids is 1. The number of phenols is 1. The Morgan fingerprint density at radius 3 is 2.57 bits per heavy atom. The van der Waals surface area contributed by atoms with Gasteiger partial charge in [-0.25, -0.2) is 4.79 Å². The second-order valence-corrected chi connectivity index (χ2v) is 2.87. The normalized spacial score (nSPS) is 12.4. The van der Waals surface area contributed by atoms with Gasteiger partial charge >= 0.3 is 5.97 Å². The highest BCUT2D eigenvalue weighted by Crippen LogP contribution is 2.23. The van der Waals surface area contributed by atoms with E-state index in [1.807, 2.05) is 0 Å². The van der Waals surface area contributed by atoms with Gasteiger partial charge in [0.1, 0.15) is 5.75 Å². The Bertz CT molecular complexity index is 351. The summed E-state index contributed by atoms with van der Waals surface area (Å²) < 4.78 is 0. The van der Waals surface area contributed by atoms with Crippen molar-refractivity contribution in [3.8, 4) is 5.75 Å². The number of benzene rings is 1. The number of phenolic OH excluding ortho intramolecular Hbond substituents is 1. The smallest absolute Gasteiger partial charge is 0.335 e. The van der Waals surface area contributed by atoms with Gasteiger partial charge in [0.2, 0.25) is 0 Å².